The first-order valence-corrected chi connectivity index (χ1v) is 10.3. The molecular weight excluding hydrogens is 380 g/mol. The summed E-state index contributed by atoms with van der Waals surface area (Å²) in [5.41, 5.74) is 1.45. The van der Waals surface area contributed by atoms with Crippen molar-refractivity contribution in [1.29, 1.82) is 0 Å². The number of anilines is 1. The summed E-state index contributed by atoms with van der Waals surface area (Å²) in [6, 6.07) is 10.2. The highest BCUT2D eigenvalue weighted by atomic mass is 16.6. The van der Waals surface area contributed by atoms with E-state index in [4.69, 9.17) is 4.74 Å². The van der Waals surface area contributed by atoms with Crippen molar-refractivity contribution in [2.24, 2.45) is 0 Å². The molecule has 4 rings (SSSR count). The standard InChI is InChI=1S/C22H28N6O2/c1-22(2,3)30-21(29)27-11-7-10-17(14-27)28-20-18(13-26-28)19(24-15-25-20)23-12-16-8-5-4-6-9-16/h4-6,8-9,13,15,17H,7,10-12,14H2,1-3H3,(H,23,24,25)/t17-/m0/s1. The van der Waals surface area contributed by atoms with Crippen molar-refractivity contribution in [3.8, 4) is 0 Å². The third-order valence-electron chi connectivity index (χ3n) is 5.09. The lowest BCUT2D eigenvalue weighted by molar-refractivity contribution is 0.0169. The van der Waals surface area contributed by atoms with Gasteiger partial charge in [0.25, 0.3) is 0 Å². The molecular formula is C22H28N6O2. The number of carbonyl (C=O) groups excluding carboxylic acids is 1. The van der Waals surface area contributed by atoms with Crippen LogP contribution in [-0.2, 0) is 11.3 Å². The van der Waals surface area contributed by atoms with Crippen LogP contribution in [0.5, 0.6) is 0 Å². The molecule has 0 aliphatic carbocycles. The van der Waals surface area contributed by atoms with Gasteiger partial charge < -0.3 is 15.0 Å². The molecule has 8 nitrogen and oxygen atoms in total. The summed E-state index contributed by atoms with van der Waals surface area (Å²) >= 11 is 0. The number of benzene rings is 1. The minimum atomic E-state index is -0.505. The molecule has 1 aliphatic rings. The zero-order valence-corrected chi connectivity index (χ0v) is 17.7. The van der Waals surface area contributed by atoms with Gasteiger partial charge in [-0.1, -0.05) is 30.3 Å². The second kappa shape index (κ2) is 8.30. The van der Waals surface area contributed by atoms with E-state index in [1.165, 1.54) is 5.56 Å². The van der Waals surface area contributed by atoms with Gasteiger partial charge in [-0.05, 0) is 39.2 Å². The zero-order valence-electron chi connectivity index (χ0n) is 17.7. The molecule has 3 heterocycles. The second-order valence-electron chi connectivity index (χ2n) is 8.61. The maximum atomic E-state index is 12.5. The predicted molar refractivity (Wildman–Crippen MR) is 115 cm³/mol. The van der Waals surface area contributed by atoms with Gasteiger partial charge in [0.15, 0.2) is 5.65 Å². The summed E-state index contributed by atoms with van der Waals surface area (Å²) in [6.07, 6.45) is 4.92. The Kier molecular flexibility index (Phi) is 5.57. The Hall–Kier alpha value is -3.16. The number of hydrogen-bond donors (Lipinski definition) is 1. The molecule has 158 valence electrons. The van der Waals surface area contributed by atoms with E-state index in [0.29, 0.717) is 19.6 Å². The summed E-state index contributed by atoms with van der Waals surface area (Å²) < 4.78 is 7.46. The summed E-state index contributed by atoms with van der Waals surface area (Å²) in [4.78, 5) is 23.2. The van der Waals surface area contributed by atoms with Gasteiger partial charge in [-0.15, -0.1) is 0 Å². The van der Waals surface area contributed by atoms with Crippen LogP contribution in [0.4, 0.5) is 10.6 Å². The van der Waals surface area contributed by atoms with Gasteiger partial charge in [0.05, 0.1) is 17.6 Å². The highest BCUT2D eigenvalue weighted by Crippen LogP contribution is 2.27. The maximum Gasteiger partial charge on any atom is 0.410 e. The summed E-state index contributed by atoms with van der Waals surface area (Å²) in [7, 11) is 0. The maximum absolute atomic E-state index is 12.5. The number of rotatable bonds is 4. The van der Waals surface area contributed by atoms with Crippen molar-refractivity contribution in [1.82, 2.24) is 24.6 Å². The second-order valence-corrected chi connectivity index (χ2v) is 8.61. The number of ether oxygens (including phenoxy) is 1. The van der Waals surface area contributed by atoms with Gasteiger partial charge in [0.1, 0.15) is 17.7 Å². The fourth-order valence-corrected chi connectivity index (χ4v) is 3.70. The number of carbonyl (C=O) groups is 1. The van der Waals surface area contributed by atoms with Gasteiger partial charge in [0, 0.05) is 19.6 Å². The Labute approximate surface area is 176 Å². The molecule has 30 heavy (non-hydrogen) atoms. The van der Waals surface area contributed by atoms with Gasteiger partial charge in [0.2, 0.25) is 0 Å². The number of likely N-dealkylation sites (tertiary alicyclic amines) is 1. The van der Waals surface area contributed by atoms with Gasteiger partial charge >= 0.3 is 6.09 Å². The molecule has 0 saturated carbocycles. The fraction of sp³-hybridized carbons (Fsp3) is 0.455. The highest BCUT2D eigenvalue weighted by Gasteiger charge is 2.29. The van der Waals surface area contributed by atoms with Crippen LogP contribution in [0.3, 0.4) is 0 Å². The van der Waals surface area contributed by atoms with Crippen LogP contribution in [0, 0.1) is 0 Å². The number of aromatic nitrogens is 4. The fourth-order valence-electron chi connectivity index (χ4n) is 3.70. The molecule has 1 aliphatic heterocycles. The van der Waals surface area contributed by atoms with Gasteiger partial charge in [-0.3, -0.25) is 0 Å². The van der Waals surface area contributed by atoms with E-state index in [1.54, 1.807) is 17.4 Å². The van der Waals surface area contributed by atoms with E-state index >= 15 is 0 Å². The quantitative estimate of drug-likeness (QED) is 0.702. The molecule has 1 atom stereocenters. The molecule has 1 amide bonds. The van der Waals surface area contributed by atoms with Crippen molar-refractivity contribution in [2.75, 3.05) is 18.4 Å². The van der Waals surface area contributed by atoms with Gasteiger partial charge in [-0.25, -0.2) is 19.4 Å². The minimum Gasteiger partial charge on any atom is -0.444 e. The van der Waals surface area contributed by atoms with Crippen LogP contribution < -0.4 is 5.32 Å². The number of fused-ring (bicyclic) bond motifs is 1. The monoisotopic (exact) mass is 408 g/mol. The van der Waals surface area contributed by atoms with Crippen LogP contribution >= 0.6 is 0 Å². The molecule has 1 aromatic carbocycles. The van der Waals surface area contributed by atoms with Crippen molar-refractivity contribution in [3.05, 3.63) is 48.4 Å². The molecule has 2 aromatic heterocycles. The lowest BCUT2D eigenvalue weighted by Gasteiger charge is -2.34. The van der Waals surface area contributed by atoms with E-state index in [0.717, 1.165) is 29.7 Å². The summed E-state index contributed by atoms with van der Waals surface area (Å²) in [6.45, 7) is 7.58. The smallest absolute Gasteiger partial charge is 0.410 e. The Morgan fingerprint density at radius 3 is 2.80 bits per heavy atom. The van der Waals surface area contributed by atoms with E-state index in [9.17, 15) is 4.79 Å². The Morgan fingerprint density at radius 1 is 1.23 bits per heavy atom. The molecule has 8 heteroatoms. The molecule has 0 radical (unpaired) electrons. The van der Waals surface area contributed by atoms with E-state index < -0.39 is 5.60 Å². The van der Waals surface area contributed by atoms with E-state index in [-0.39, 0.29) is 12.1 Å². The Balaban J connectivity index is 1.51. The van der Waals surface area contributed by atoms with Crippen molar-refractivity contribution in [3.63, 3.8) is 0 Å². The molecule has 0 spiro atoms. The normalized spacial score (nSPS) is 17.2. The number of nitrogens with zero attached hydrogens (tertiary/aromatic N) is 5. The zero-order chi connectivity index (χ0) is 21.1. The summed E-state index contributed by atoms with van der Waals surface area (Å²) in [5.74, 6) is 0.759. The molecule has 0 bridgehead atoms. The average molecular weight is 409 g/mol. The number of nitrogens with one attached hydrogen (secondary N) is 1. The third-order valence-corrected chi connectivity index (χ3v) is 5.09. The topological polar surface area (TPSA) is 85.2 Å². The van der Waals surface area contributed by atoms with Crippen LogP contribution in [0.1, 0.15) is 45.2 Å². The van der Waals surface area contributed by atoms with Crippen LogP contribution in [0.15, 0.2) is 42.9 Å². The average Bonchev–Trinajstić information content (AvgIpc) is 3.17. The first-order chi connectivity index (χ1) is 14.4. The summed E-state index contributed by atoms with van der Waals surface area (Å²) in [5, 5.41) is 8.86. The van der Waals surface area contributed by atoms with Gasteiger partial charge in [-0.2, -0.15) is 5.10 Å². The molecule has 3 aromatic rings. The molecule has 1 saturated heterocycles. The number of hydrogen-bond acceptors (Lipinski definition) is 6. The van der Waals surface area contributed by atoms with Crippen LogP contribution in [-0.4, -0.2) is 49.4 Å². The minimum absolute atomic E-state index is 0.0561. The van der Waals surface area contributed by atoms with Crippen molar-refractivity contribution >= 4 is 22.9 Å². The number of piperidine rings is 1. The largest absolute Gasteiger partial charge is 0.444 e. The Morgan fingerprint density at radius 2 is 2.03 bits per heavy atom. The molecule has 1 N–H and O–H groups in total. The Bertz CT molecular complexity index is 1010. The third kappa shape index (κ3) is 4.53. The lowest BCUT2D eigenvalue weighted by atomic mass is 10.1. The SMILES string of the molecule is CC(C)(C)OC(=O)N1CCC[C@H](n2ncc3c(NCc4ccccc4)ncnc32)C1. The molecule has 0 unspecified atom stereocenters. The molecule has 1 fully saturated rings. The highest BCUT2D eigenvalue weighted by molar-refractivity contribution is 5.86. The number of amides is 1. The first kappa shape index (κ1) is 20.1. The first-order valence-electron chi connectivity index (χ1n) is 10.3. The van der Waals surface area contributed by atoms with E-state index in [2.05, 4.69) is 32.5 Å². The van der Waals surface area contributed by atoms with Crippen molar-refractivity contribution < 1.29 is 9.53 Å². The predicted octanol–water partition coefficient (Wildman–Crippen LogP) is 4.01. The van der Waals surface area contributed by atoms with Crippen LogP contribution in [0.25, 0.3) is 11.0 Å². The van der Waals surface area contributed by atoms with E-state index in [1.807, 2.05) is 43.7 Å². The van der Waals surface area contributed by atoms with Crippen molar-refractivity contribution in [2.45, 2.75) is 51.8 Å². The van der Waals surface area contributed by atoms with Crippen LogP contribution in [0.2, 0.25) is 0 Å². The lowest BCUT2D eigenvalue weighted by Crippen LogP contribution is -2.43.